The van der Waals surface area contributed by atoms with E-state index in [2.05, 4.69) is 17.1 Å². The zero-order valence-corrected chi connectivity index (χ0v) is 13.9. The number of carbonyl (C=O) groups excluding carboxylic acids is 1. The summed E-state index contributed by atoms with van der Waals surface area (Å²) in [5.41, 5.74) is 6.66. The van der Waals surface area contributed by atoms with Gasteiger partial charge in [-0.25, -0.2) is 9.79 Å². The van der Waals surface area contributed by atoms with Crippen molar-refractivity contribution < 1.29 is 27.9 Å². The summed E-state index contributed by atoms with van der Waals surface area (Å²) in [5, 5.41) is 7.12. The molecule has 3 N–H and O–H groups in total. The van der Waals surface area contributed by atoms with Crippen LogP contribution >= 0.6 is 0 Å². The van der Waals surface area contributed by atoms with E-state index in [1.807, 2.05) is 25.1 Å². The number of carboxylic acids is 1. The van der Waals surface area contributed by atoms with Gasteiger partial charge in [-0.1, -0.05) is 30.3 Å². The molecule has 0 aliphatic carbocycles. The quantitative estimate of drug-likeness (QED) is 0.865. The van der Waals surface area contributed by atoms with Crippen molar-refractivity contribution in [1.82, 2.24) is 4.90 Å². The molecule has 1 aliphatic rings. The molecule has 1 aromatic rings. The predicted octanol–water partition coefficient (Wildman–Crippen LogP) is 2.19. The molecule has 0 spiro atoms. The van der Waals surface area contributed by atoms with Crippen molar-refractivity contribution in [2.45, 2.75) is 37.9 Å². The fraction of sp³-hybridized carbons (Fsp3) is 0.438. The molecule has 0 radical (unpaired) electrons. The number of halogens is 3. The SMILES string of the molecule is CN1C(=O)C[C@@](C)(CCc2ccccc2)N=C1N.O=C(O)C(F)(F)F. The van der Waals surface area contributed by atoms with Gasteiger partial charge in [0.1, 0.15) is 0 Å². The van der Waals surface area contributed by atoms with Crippen LogP contribution < -0.4 is 5.73 Å². The van der Waals surface area contributed by atoms with Crippen molar-refractivity contribution in [2.75, 3.05) is 7.05 Å². The average molecular weight is 359 g/mol. The number of guanidine groups is 1. The van der Waals surface area contributed by atoms with Crippen LogP contribution in [0.15, 0.2) is 35.3 Å². The van der Waals surface area contributed by atoms with Crippen molar-refractivity contribution in [3.05, 3.63) is 35.9 Å². The molecule has 0 aromatic heterocycles. The third kappa shape index (κ3) is 6.44. The number of benzene rings is 1. The van der Waals surface area contributed by atoms with E-state index in [1.54, 1.807) is 7.05 Å². The maximum atomic E-state index is 11.8. The Bertz CT molecular complexity index is 647. The Morgan fingerprint density at radius 3 is 2.32 bits per heavy atom. The average Bonchev–Trinajstić information content (AvgIpc) is 2.51. The predicted molar refractivity (Wildman–Crippen MR) is 85.9 cm³/mol. The summed E-state index contributed by atoms with van der Waals surface area (Å²) in [7, 11) is 1.66. The first-order valence-corrected chi connectivity index (χ1v) is 7.40. The second-order valence-corrected chi connectivity index (χ2v) is 5.88. The zero-order chi connectivity index (χ0) is 19.3. The van der Waals surface area contributed by atoms with Crippen LogP contribution in [0.25, 0.3) is 0 Å². The summed E-state index contributed by atoms with van der Waals surface area (Å²) in [6.07, 6.45) is -2.92. The second kappa shape index (κ2) is 8.00. The van der Waals surface area contributed by atoms with E-state index in [0.717, 1.165) is 12.8 Å². The van der Waals surface area contributed by atoms with E-state index < -0.39 is 12.1 Å². The minimum Gasteiger partial charge on any atom is -0.475 e. The molecule has 1 amide bonds. The number of aliphatic carboxylic acids is 1. The number of hydrogen-bond donors (Lipinski definition) is 2. The maximum Gasteiger partial charge on any atom is 0.490 e. The van der Waals surface area contributed by atoms with Crippen molar-refractivity contribution in [3.63, 3.8) is 0 Å². The number of nitrogens with zero attached hydrogens (tertiary/aromatic N) is 2. The lowest BCUT2D eigenvalue weighted by Crippen LogP contribution is -2.48. The van der Waals surface area contributed by atoms with Crippen LogP contribution in [0.2, 0.25) is 0 Å². The van der Waals surface area contributed by atoms with Crippen LogP contribution in [0.3, 0.4) is 0 Å². The van der Waals surface area contributed by atoms with E-state index >= 15 is 0 Å². The van der Waals surface area contributed by atoms with Crippen LogP contribution in [-0.2, 0) is 16.0 Å². The highest BCUT2D eigenvalue weighted by atomic mass is 19.4. The highest BCUT2D eigenvalue weighted by molar-refractivity contribution is 5.98. The first kappa shape index (κ1) is 20.5. The Balaban J connectivity index is 0.000000381. The number of carboxylic acid groups (broad SMARTS) is 1. The maximum absolute atomic E-state index is 11.8. The molecule has 0 unspecified atom stereocenters. The van der Waals surface area contributed by atoms with Gasteiger partial charge in [0.2, 0.25) is 5.91 Å². The minimum atomic E-state index is -5.08. The van der Waals surface area contributed by atoms with Gasteiger partial charge in [-0.2, -0.15) is 13.2 Å². The lowest BCUT2D eigenvalue weighted by atomic mass is 9.89. The summed E-state index contributed by atoms with van der Waals surface area (Å²) in [4.78, 5) is 26.6. The molecule has 1 atom stereocenters. The van der Waals surface area contributed by atoms with Crippen molar-refractivity contribution >= 4 is 17.8 Å². The van der Waals surface area contributed by atoms with Gasteiger partial charge in [-0.15, -0.1) is 0 Å². The van der Waals surface area contributed by atoms with Gasteiger partial charge in [-0.3, -0.25) is 9.69 Å². The third-order valence-electron chi connectivity index (χ3n) is 3.67. The molecular weight excluding hydrogens is 339 g/mol. The van der Waals surface area contributed by atoms with Crippen molar-refractivity contribution in [1.29, 1.82) is 0 Å². The second-order valence-electron chi connectivity index (χ2n) is 5.88. The number of amides is 1. The highest BCUT2D eigenvalue weighted by Gasteiger charge is 2.38. The molecule has 6 nitrogen and oxygen atoms in total. The molecule has 0 bridgehead atoms. The van der Waals surface area contributed by atoms with Crippen molar-refractivity contribution in [2.24, 2.45) is 10.7 Å². The van der Waals surface area contributed by atoms with Crippen LogP contribution in [0.5, 0.6) is 0 Å². The molecule has 25 heavy (non-hydrogen) atoms. The third-order valence-corrected chi connectivity index (χ3v) is 3.67. The van der Waals surface area contributed by atoms with Gasteiger partial charge in [0.25, 0.3) is 0 Å². The molecule has 1 aliphatic heterocycles. The van der Waals surface area contributed by atoms with E-state index in [9.17, 15) is 18.0 Å². The molecule has 2 rings (SSSR count). The fourth-order valence-corrected chi connectivity index (χ4v) is 2.17. The van der Waals surface area contributed by atoms with Crippen molar-refractivity contribution in [3.8, 4) is 0 Å². The number of hydrogen-bond acceptors (Lipinski definition) is 4. The minimum absolute atomic E-state index is 0.0399. The fourth-order valence-electron chi connectivity index (χ4n) is 2.17. The number of nitrogens with two attached hydrogens (primary N) is 1. The monoisotopic (exact) mass is 359 g/mol. The highest BCUT2D eigenvalue weighted by Crippen LogP contribution is 2.26. The molecule has 0 saturated carbocycles. The summed E-state index contributed by atoms with van der Waals surface area (Å²) >= 11 is 0. The number of rotatable bonds is 3. The first-order chi connectivity index (χ1) is 11.4. The van der Waals surface area contributed by atoms with E-state index in [0.29, 0.717) is 12.4 Å². The Morgan fingerprint density at radius 1 is 1.36 bits per heavy atom. The molecule has 1 heterocycles. The molecule has 138 valence electrons. The molecule has 0 saturated heterocycles. The Kier molecular flexibility index (Phi) is 6.55. The van der Waals surface area contributed by atoms with Gasteiger partial charge in [0.15, 0.2) is 5.96 Å². The zero-order valence-electron chi connectivity index (χ0n) is 13.9. The van der Waals surface area contributed by atoms with Gasteiger partial charge in [-0.05, 0) is 25.3 Å². The normalized spacial score (nSPS) is 20.4. The van der Waals surface area contributed by atoms with Gasteiger partial charge in [0.05, 0.1) is 12.0 Å². The van der Waals surface area contributed by atoms with Crippen LogP contribution in [0, 0.1) is 0 Å². The smallest absolute Gasteiger partial charge is 0.475 e. The molecule has 1 aromatic carbocycles. The number of carbonyl (C=O) groups is 2. The summed E-state index contributed by atoms with van der Waals surface area (Å²) in [5.74, 6) is -2.40. The number of alkyl halides is 3. The summed E-state index contributed by atoms with van der Waals surface area (Å²) in [6, 6.07) is 10.2. The number of aliphatic imine (C=N–C) groups is 1. The van der Waals surface area contributed by atoms with Gasteiger partial charge in [0, 0.05) is 7.05 Å². The lowest BCUT2D eigenvalue weighted by molar-refractivity contribution is -0.192. The van der Waals surface area contributed by atoms with Gasteiger partial charge >= 0.3 is 12.1 Å². The van der Waals surface area contributed by atoms with E-state index in [-0.39, 0.29) is 11.4 Å². The standard InChI is InChI=1S/C14H19N3O.C2HF3O2/c1-14(9-8-11-6-4-3-5-7-11)10-12(18)17(2)13(15)16-14;3-2(4,5)1(6)7/h3-7H,8-10H2,1-2H3,(H2,15,16);(H,6,7)/t14-;/m1./s1. The summed E-state index contributed by atoms with van der Waals surface area (Å²) < 4.78 is 31.7. The topological polar surface area (TPSA) is 96.0 Å². The van der Waals surface area contributed by atoms with Crippen LogP contribution in [-0.4, -0.2) is 46.6 Å². The molecule has 0 fully saturated rings. The lowest BCUT2D eigenvalue weighted by Gasteiger charge is -2.33. The summed E-state index contributed by atoms with van der Waals surface area (Å²) in [6.45, 7) is 1.99. The Morgan fingerprint density at radius 2 is 1.88 bits per heavy atom. The Hall–Kier alpha value is -2.58. The van der Waals surface area contributed by atoms with Crippen LogP contribution in [0.1, 0.15) is 25.3 Å². The van der Waals surface area contributed by atoms with Gasteiger partial charge < -0.3 is 10.8 Å². The Labute approximate surface area is 143 Å². The largest absolute Gasteiger partial charge is 0.490 e. The van der Waals surface area contributed by atoms with Crippen LogP contribution in [0.4, 0.5) is 13.2 Å². The molecular formula is C16H20F3N3O3. The number of aryl methyl sites for hydroxylation is 1. The van der Waals surface area contributed by atoms with E-state index in [1.165, 1.54) is 10.5 Å². The van der Waals surface area contributed by atoms with E-state index in [4.69, 9.17) is 15.6 Å². The first-order valence-electron chi connectivity index (χ1n) is 7.40. The molecule has 9 heteroatoms.